The van der Waals surface area contributed by atoms with Crippen LogP contribution in [0.5, 0.6) is 0 Å². The van der Waals surface area contributed by atoms with Gasteiger partial charge in [0.05, 0.1) is 0 Å². The van der Waals surface area contributed by atoms with Crippen LogP contribution in [-0.4, -0.2) is 22.1 Å². The van der Waals surface area contributed by atoms with Crippen LogP contribution in [0.1, 0.15) is 18.1 Å². The van der Waals surface area contributed by atoms with Crippen molar-refractivity contribution >= 4 is 16.8 Å². The number of amides is 1. The van der Waals surface area contributed by atoms with E-state index in [1.165, 1.54) is 10.9 Å². The van der Waals surface area contributed by atoms with Crippen LogP contribution in [0.2, 0.25) is 0 Å². The predicted molar refractivity (Wildman–Crippen MR) is 91.0 cm³/mol. The van der Waals surface area contributed by atoms with Gasteiger partial charge in [0, 0.05) is 24.8 Å². The fourth-order valence-corrected chi connectivity index (χ4v) is 2.68. The van der Waals surface area contributed by atoms with Crippen LogP contribution in [-0.2, 0) is 11.3 Å². The highest BCUT2D eigenvalue weighted by Gasteiger charge is 2.15. The number of aryl methyl sites for hydroxylation is 1. The topological polar surface area (TPSA) is 54.3 Å². The molecule has 1 aromatic heterocycles. The number of aliphatic hydroxyl groups excluding tert-OH is 1. The number of para-hydroxylation sites is 1. The Bertz CT molecular complexity index is 780. The van der Waals surface area contributed by atoms with Gasteiger partial charge in [-0.3, -0.25) is 4.79 Å². The number of nitrogens with zero attached hydrogens (tertiary/aromatic N) is 1. The van der Waals surface area contributed by atoms with Crippen molar-refractivity contribution in [2.45, 2.75) is 19.1 Å². The van der Waals surface area contributed by atoms with Crippen LogP contribution < -0.4 is 5.32 Å². The van der Waals surface area contributed by atoms with Gasteiger partial charge in [-0.25, -0.2) is 0 Å². The van der Waals surface area contributed by atoms with Crippen LogP contribution in [0.3, 0.4) is 0 Å². The van der Waals surface area contributed by atoms with Crippen LogP contribution in [0.25, 0.3) is 10.9 Å². The molecule has 1 heterocycles. The van der Waals surface area contributed by atoms with Gasteiger partial charge in [0.2, 0.25) is 0 Å². The Kier molecular flexibility index (Phi) is 4.74. The number of hydrogen-bond acceptors (Lipinski definition) is 2. The summed E-state index contributed by atoms with van der Waals surface area (Å²) in [6, 6.07) is 19.3. The Morgan fingerprint density at radius 3 is 2.61 bits per heavy atom. The molecule has 0 fully saturated rings. The number of rotatable bonds is 6. The van der Waals surface area contributed by atoms with Gasteiger partial charge in [-0.05, 0) is 29.5 Å². The van der Waals surface area contributed by atoms with Crippen LogP contribution in [0.15, 0.2) is 66.9 Å². The molecule has 4 nitrogen and oxygen atoms in total. The summed E-state index contributed by atoms with van der Waals surface area (Å²) in [5.74, 6) is -0.353. The number of benzene rings is 2. The van der Waals surface area contributed by atoms with E-state index in [4.69, 9.17) is 0 Å². The molecule has 0 radical (unpaired) electrons. The van der Waals surface area contributed by atoms with Crippen molar-refractivity contribution in [3.63, 3.8) is 0 Å². The van der Waals surface area contributed by atoms with Crippen molar-refractivity contribution in [1.82, 2.24) is 9.88 Å². The lowest BCUT2D eigenvalue weighted by Gasteiger charge is -2.12. The number of carbonyl (C=O) groups excluding carboxylic acids is 1. The van der Waals surface area contributed by atoms with Gasteiger partial charge in [-0.2, -0.15) is 0 Å². The maximum Gasteiger partial charge on any atom is 0.253 e. The molecule has 0 saturated carbocycles. The molecule has 4 heteroatoms. The predicted octanol–water partition coefficient (Wildman–Crippen LogP) is 2.88. The van der Waals surface area contributed by atoms with Gasteiger partial charge < -0.3 is 15.0 Å². The molecule has 3 rings (SSSR count). The number of hydrogen-bond donors (Lipinski definition) is 2. The summed E-state index contributed by atoms with van der Waals surface area (Å²) in [5.41, 5.74) is 1.81. The monoisotopic (exact) mass is 308 g/mol. The molecular formula is C19H20N2O2. The molecule has 1 unspecified atom stereocenters. The van der Waals surface area contributed by atoms with Gasteiger partial charge in [-0.1, -0.05) is 48.5 Å². The minimum absolute atomic E-state index is 0.353. The lowest BCUT2D eigenvalue weighted by molar-refractivity contribution is -0.129. The number of fused-ring (bicyclic) bond motifs is 1. The van der Waals surface area contributed by atoms with Crippen molar-refractivity contribution in [2.75, 3.05) is 6.54 Å². The average molecular weight is 308 g/mol. The molecule has 1 atom stereocenters. The molecule has 0 spiro atoms. The van der Waals surface area contributed by atoms with Gasteiger partial charge in [0.25, 0.3) is 5.91 Å². The highest BCUT2D eigenvalue weighted by Crippen LogP contribution is 2.15. The molecule has 2 aromatic carbocycles. The molecule has 0 saturated heterocycles. The summed E-state index contributed by atoms with van der Waals surface area (Å²) in [4.78, 5) is 11.9. The van der Waals surface area contributed by atoms with Crippen LogP contribution in [0.4, 0.5) is 0 Å². The summed E-state index contributed by atoms with van der Waals surface area (Å²) in [6.07, 6.45) is 1.76. The minimum atomic E-state index is -1.11. The third kappa shape index (κ3) is 3.60. The van der Waals surface area contributed by atoms with E-state index >= 15 is 0 Å². The first-order valence-corrected chi connectivity index (χ1v) is 7.80. The molecular weight excluding hydrogens is 288 g/mol. The van der Waals surface area contributed by atoms with E-state index in [0.29, 0.717) is 12.1 Å². The first kappa shape index (κ1) is 15.3. The van der Waals surface area contributed by atoms with Crippen molar-refractivity contribution in [1.29, 1.82) is 0 Å². The number of aliphatic hydroxyl groups is 1. The molecule has 1 amide bonds. The highest BCUT2D eigenvalue weighted by molar-refractivity contribution is 5.82. The Morgan fingerprint density at radius 1 is 1.04 bits per heavy atom. The Hall–Kier alpha value is -2.59. The molecule has 0 aliphatic carbocycles. The van der Waals surface area contributed by atoms with E-state index in [2.05, 4.69) is 34.3 Å². The average Bonchev–Trinajstić information content (AvgIpc) is 3.02. The summed E-state index contributed by atoms with van der Waals surface area (Å²) >= 11 is 0. The molecule has 0 bridgehead atoms. The van der Waals surface area contributed by atoms with E-state index < -0.39 is 6.10 Å². The Balaban J connectivity index is 1.49. The maximum atomic E-state index is 11.9. The van der Waals surface area contributed by atoms with Crippen LogP contribution in [0, 0.1) is 0 Å². The van der Waals surface area contributed by atoms with Crippen molar-refractivity contribution in [2.24, 2.45) is 0 Å². The zero-order chi connectivity index (χ0) is 16.1. The molecule has 23 heavy (non-hydrogen) atoms. The van der Waals surface area contributed by atoms with Gasteiger partial charge in [-0.15, -0.1) is 0 Å². The zero-order valence-corrected chi connectivity index (χ0v) is 12.9. The van der Waals surface area contributed by atoms with E-state index in [9.17, 15) is 9.90 Å². The zero-order valence-electron chi connectivity index (χ0n) is 12.9. The maximum absolute atomic E-state index is 11.9. The third-order valence-electron chi connectivity index (χ3n) is 3.92. The number of carbonyl (C=O) groups is 1. The fraction of sp³-hybridized carbons (Fsp3) is 0.211. The van der Waals surface area contributed by atoms with Gasteiger partial charge in [0.1, 0.15) is 0 Å². The standard InChI is InChI=1S/C19H20N2O2/c22-18(16-8-2-1-3-9-16)19(23)20-12-6-13-21-14-11-15-7-4-5-10-17(15)21/h1-5,7-11,14,18,22H,6,12-13H2,(H,20,23). The van der Waals surface area contributed by atoms with Crippen LogP contribution >= 0.6 is 0 Å². The normalized spacial score (nSPS) is 12.2. The number of aromatic nitrogens is 1. The summed E-state index contributed by atoms with van der Waals surface area (Å²) < 4.78 is 2.18. The first-order chi connectivity index (χ1) is 11.3. The summed E-state index contributed by atoms with van der Waals surface area (Å²) in [5, 5.41) is 14.0. The van der Waals surface area contributed by atoms with E-state index in [1.807, 2.05) is 30.3 Å². The summed E-state index contributed by atoms with van der Waals surface area (Å²) in [7, 11) is 0. The van der Waals surface area contributed by atoms with E-state index in [1.54, 1.807) is 12.1 Å². The molecule has 118 valence electrons. The van der Waals surface area contributed by atoms with Crippen molar-refractivity contribution in [3.05, 3.63) is 72.4 Å². The smallest absolute Gasteiger partial charge is 0.253 e. The quantitative estimate of drug-likeness (QED) is 0.688. The van der Waals surface area contributed by atoms with Gasteiger partial charge in [0.15, 0.2) is 6.10 Å². The minimum Gasteiger partial charge on any atom is -0.378 e. The third-order valence-corrected chi connectivity index (χ3v) is 3.92. The molecule has 2 N–H and O–H groups in total. The van der Waals surface area contributed by atoms with Crippen molar-refractivity contribution < 1.29 is 9.90 Å². The van der Waals surface area contributed by atoms with Crippen molar-refractivity contribution in [3.8, 4) is 0 Å². The highest BCUT2D eigenvalue weighted by atomic mass is 16.3. The largest absolute Gasteiger partial charge is 0.378 e. The summed E-state index contributed by atoms with van der Waals surface area (Å²) in [6.45, 7) is 1.37. The molecule has 0 aliphatic rings. The lowest BCUT2D eigenvalue weighted by atomic mass is 10.1. The molecule has 0 aliphatic heterocycles. The van der Waals surface area contributed by atoms with Gasteiger partial charge >= 0.3 is 0 Å². The Labute approximate surface area is 135 Å². The second kappa shape index (κ2) is 7.11. The second-order valence-corrected chi connectivity index (χ2v) is 5.53. The van der Waals surface area contributed by atoms with E-state index in [0.717, 1.165) is 13.0 Å². The first-order valence-electron chi connectivity index (χ1n) is 7.80. The number of nitrogens with one attached hydrogen (secondary N) is 1. The second-order valence-electron chi connectivity index (χ2n) is 5.53. The van der Waals surface area contributed by atoms with E-state index in [-0.39, 0.29) is 5.91 Å². The Morgan fingerprint density at radius 2 is 1.78 bits per heavy atom. The fourth-order valence-electron chi connectivity index (χ4n) is 2.68. The lowest BCUT2D eigenvalue weighted by Crippen LogP contribution is -2.30. The molecule has 3 aromatic rings. The SMILES string of the molecule is O=C(NCCCn1ccc2ccccc21)C(O)c1ccccc1.